The zero-order valence-electron chi connectivity index (χ0n) is 14.4. The Balaban J connectivity index is 1.31. The lowest BCUT2D eigenvalue weighted by atomic mass is 10.2. The van der Waals surface area contributed by atoms with Crippen LogP contribution in [0.1, 0.15) is 19.8 Å². The molecule has 0 radical (unpaired) electrons. The van der Waals surface area contributed by atoms with Gasteiger partial charge in [0, 0.05) is 43.9 Å². The zero-order chi connectivity index (χ0) is 17.4. The van der Waals surface area contributed by atoms with Gasteiger partial charge in [0.15, 0.2) is 11.5 Å². The Bertz CT molecular complexity index is 681. The fourth-order valence-electron chi connectivity index (χ4n) is 3.30. The number of ether oxygens (including phenoxy) is 2. The standard InChI is InChI=1S/C18H23N3O4/c1-12(20-6-8-21(9-7-20)18(23)13-2-3-13)17(22)19-14-4-5-15-16(10-14)25-11-24-15/h4-5,10,12-13H,2-3,6-9,11H2,1H3,(H,19,22)/t12-/m0/s1. The quantitative estimate of drug-likeness (QED) is 0.891. The molecule has 1 saturated heterocycles. The van der Waals surface area contributed by atoms with Crippen LogP contribution < -0.4 is 14.8 Å². The first-order valence-electron chi connectivity index (χ1n) is 8.85. The minimum absolute atomic E-state index is 0.0548. The summed E-state index contributed by atoms with van der Waals surface area (Å²) in [7, 11) is 0. The molecule has 1 aromatic carbocycles. The van der Waals surface area contributed by atoms with E-state index in [0.29, 0.717) is 30.3 Å². The summed E-state index contributed by atoms with van der Waals surface area (Å²) in [5, 5.41) is 2.93. The molecule has 1 atom stereocenters. The van der Waals surface area contributed by atoms with E-state index in [4.69, 9.17) is 9.47 Å². The van der Waals surface area contributed by atoms with E-state index in [1.165, 1.54) is 0 Å². The third-order valence-corrected chi connectivity index (χ3v) is 5.12. The average Bonchev–Trinajstić information content (AvgIpc) is 3.38. The highest BCUT2D eigenvalue weighted by molar-refractivity contribution is 5.95. The van der Waals surface area contributed by atoms with Crippen molar-refractivity contribution in [2.24, 2.45) is 5.92 Å². The van der Waals surface area contributed by atoms with Gasteiger partial charge in [0.25, 0.3) is 0 Å². The van der Waals surface area contributed by atoms with Crippen LogP contribution in [0.5, 0.6) is 11.5 Å². The summed E-state index contributed by atoms with van der Waals surface area (Å²) in [6.07, 6.45) is 2.07. The molecule has 2 heterocycles. The monoisotopic (exact) mass is 345 g/mol. The number of hydrogen-bond donors (Lipinski definition) is 1. The number of fused-ring (bicyclic) bond motifs is 1. The fourth-order valence-corrected chi connectivity index (χ4v) is 3.30. The van der Waals surface area contributed by atoms with Gasteiger partial charge < -0.3 is 19.7 Å². The molecule has 1 aliphatic carbocycles. The Kier molecular flexibility index (Phi) is 4.25. The molecule has 1 N–H and O–H groups in total. The normalized spacial score (nSPS) is 21.1. The van der Waals surface area contributed by atoms with Crippen LogP contribution in [0.25, 0.3) is 0 Å². The molecule has 3 aliphatic rings. The van der Waals surface area contributed by atoms with Crippen molar-refractivity contribution >= 4 is 17.5 Å². The molecule has 0 bridgehead atoms. The van der Waals surface area contributed by atoms with E-state index in [1.54, 1.807) is 12.1 Å². The zero-order valence-corrected chi connectivity index (χ0v) is 14.4. The number of anilines is 1. The highest BCUT2D eigenvalue weighted by Gasteiger charge is 2.35. The minimum atomic E-state index is -0.247. The first kappa shape index (κ1) is 16.2. The number of rotatable bonds is 4. The van der Waals surface area contributed by atoms with Gasteiger partial charge >= 0.3 is 0 Å². The van der Waals surface area contributed by atoms with E-state index < -0.39 is 0 Å². The van der Waals surface area contributed by atoms with E-state index in [2.05, 4.69) is 10.2 Å². The SMILES string of the molecule is C[C@@H](C(=O)Nc1ccc2c(c1)OCO2)N1CCN(C(=O)C2CC2)CC1. The molecule has 2 fully saturated rings. The molecular weight excluding hydrogens is 322 g/mol. The summed E-state index contributed by atoms with van der Waals surface area (Å²) in [5.74, 6) is 1.84. The molecule has 4 rings (SSSR count). The molecule has 7 nitrogen and oxygen atoms in total. The van der Waals surface area contributed by atoms with Crippen molar-refractivity contribution in [3.63, 3.8) is 0 Å². The van der Waals surface area contributed by atoms with Crippen LogP contribution in [0.3, 0.4) is 0 Å². The number of amides is 2. The first-order valence-corrected chi connectivity index (χ1v) is 8.85. The van der Waals surface area contributed by atoms with Crippen LogP contribution in [0.15, 0.2) is 18.2 Å². The summed E-state index contributed by atoms with van der Waals surface area (Å²) in [6, 6.07) is 5.14. The number of benzene rings is 1. The topological polar surface area (TPSA) is 71.1 Å². The first-order chi connectivity index (χ1) is 12.1. The Hall–Kier alpha value is -2.28. The Morgan fingerprint density at radius 1 is 1.12 bits per heavy atom. The third-order valence-electron chi connectivity index (χ3n) is 5.12. The summed E-state index contributed by atoms with van der Waals surface area (Å²) >= 11 is 0. The number of carbonyl (C=O) groups excluding carboxylic acids is 2. The fraction of sp³-hybridized carbons (Fsp3) is 0.556. The van der Waals surface area contributed by atoms with Gasteiger partial charge in [0.1, 0.15) is 0 Å². The largest absolute Gasteiger partial charge is 0.454 e. The van der Waals surface area contributed by atoms with Crippen LogP contribution in [-0.2, 0) is 9.59 Å². The maximum atomic E-state index is 12.5. The maximum absolute atomic E-state index is 12.5. The number of nitrogens with one attached hydrogen (secondary N) is 1. The van der Waals surface area contributed by atoms with Crippen LogP contribution >= 0.6 is 0 Å². The van der Waals surface area contributed by atoms with Gasteiger partial charge in [-0.2, -0.15) is 0 Å². The predicted octanol–water partition coefficient (Wildman–Crippen LogP) is 1.30. The number of carbonyl (C=O) groups is 2. The van der Waals surface area contributed by atoms with Crippen molar-refractivity contribution in [2.75, 3.05) is 38.3 Å². The van der Waals surface area contributed by atoms with E-state index >= 15 is 0 Å². The number of piperazine rings is 1. The molecule has 0 spiro atoms. The van der Waals surface area contributed by atoms with Crippen LogP contribution in [0.2, 0.25) is 0 Å². The molecular formula is C18H23N3O4. The van der Waals surface area contributed by atoms with Crippen molar-refractivity contribution < 1.29 is 19.1 Å². The number of nitrogens with zero attached hydrogens (tertiary/aromatic N) is 2. The van der Waals surface area contributed by atoms with Crippen molar-refractivity contribution in [1.82, 2.24) is 9.80 Å². The van der Waals surface area contributed by atoms with Crippen LogP contribution in [-0.4, -0.2) is 60.6 Å². The number of hydrogen-bond acceptors (Lipinski definition) is 5. The van der Waals surface area contributed by atoms with Gasteiger partial charge in [-0.05, 0) is 31.9 Å². The molecule has 0 unspecified atom stereocenters. The summed E-state index contributed by atoms with van der Waals surface area (Å²) in [5.41, 5.74) is 0.698. The lowest BCUT2D eigenvalue weighted by Gasteiger charge is -2.37. The van der Waals surface area contributed by atoms with E-state index in [-0.39, 0.29) is 30.6 Å². The van der Waals surface area contributed by atoms with Crippen LogP contribution in [0, 0.1) is 5.92 Å². The Morgan fingerprint density at radius 2 is 1.84 bits per heavy atom. The highest BCUT2D eigenvalue weighted by Crippen LogP contribution is 2.34. The summed E-state index contributed by atoms with van der Waals surface area (Å²) < 4.78 is 10.6. The summed E-state index contributed by atoms with van der Waals surface area (Å²) in [6.45, 7) is 4.99. The average molecular weight is 345 g/mol. The smallest absolute Gasteiger partial charge is 0.241 e. The second-order valence-corrected chi connectivity index (χ2v) is 6.87. The van der Waals surface area contributed by atoms with Gasteiger partial charge in [-0.15, -0.1) is 0 Å². The third kappa shape index (κ3) is 3.42. The summed E-state index contributed by atoms with van der Waals surface area (Å²) in [4.78, 5) is 28.7. The van der Waals surface area contributed by atoms with Gasteiger partial charge in [-0.3, -0.25) is 14.5 Å². The van der Waals surface area contributed by atoms with Gasteiger partial charge in [0.05, 0.1) is 6.04 Å². The van der Waals surface area contributed by atoms with E-state index in [0.717, 1.165) is 25.9 Å². The molecule has 134 valence electrons. The van der Waals surface area contributed by atoms with Crippen LogP contribution in [0.4, 0.5) is 5.69 Å². The van der Waals surface area contributed by atoms with Crippen molar-refractivity contribution in [1.29, 1.82) is 0 Å². The predicted molar refractivity (Wildman–Crippen MR) is 91.5 cm³/mol. The lowest BCUT2D eigenvalue weighted by Crippen LogP contribution is -2.54. The second kappa shape index (κ2) is 6.55. The molecule has 0 aromatic heterocycles. The van der Waals surface area contributed by atoms with E-state index in [9.17, 15) is 9.59 Å². The highest BCUT2D eigenvalue weighted by atomic mass is 16.7. The maximum Gasteiger partial charge on any atom is 0.241 e. The molecule has 2 amide bonds. The molecule has 2 aliphatic heterocycles. The molecule has 1 aromatic rings. The van der Waals surface area contributed by atoms with Crippen molar-refractivity contribution in [2.45, 2.75) is 25.8 Å². The lowest BCUT2D eigenvalue weighted by molar-refractivity contribution is -0.135. The second-order valence-electron chi connectivity index (χ2n) is 6.87. The Morgan fingerprint density at radius 3 is 2.56 bits per heavy atom. The van der Waals surface area contributed by atoms with Crippen molar-refractivity contribution in [3.05, 3.63) is 18.2 Å². The molecule has 7 heteroatoms. The molecule has 1 saturated carbocycles. The Labute approximate surface area is 146 Å². The van der Waals surface area contributed by atoms with E-state index in [1.807, 2.05) is 17.9 Å². The van der Waals surface area contributed by atoms with Crippen molar-refractivity contribution in [3.8, 4) is 11.5 Å². The van der Waals surface area contributed by atoms with Gasteiger partial charge in [0.2, 0.25) is 18.6 Å². The minimum Gasteiger partial charge on any atom is -0.454 e. The molecule has 25 heavy (non-hydrogen) atoms. The van der Waals surface area contributed by atoms with Gasteiger partial charge in [-0.1, -0.05) is 0 Å². The van der Waals surface area contributed by atoms with Gasteiger partial charge in [-0.25, -0.2) is 0 Å².